The van der Waals surface area contributed by atoms with Crippen molar-refractivity contribution in [2.45, 2.75) is 6.92 Å². The van der Waals surface area contributed by atoms with Crippen molar-refractivity contribution in [3.05, 3.63) is 59.7 Å². The van der Waals surface area contributed by atoms with Gasteiger partial charge in [-0.05, 0) is 37.3 Å². The fourth-order valence-corrected chi connectivity index (χ4v) is 2.54. The lowest BCUT2D eigenvalue weighted by Crippen LogP contribution is -2.24. The van der Waals surface area contributed by atoms with Crippen molar-refractivity contribution < 1.29 is 19.1 Å². The molecule has 3 rings (SSSR count). The average Bonchev–Trinajstić information content (AvgIpc) is 3.01. The van der Waals surface area contributed by atoms with Gasteiger partial charge in [0.15, 0.2) is 5.78 Å². The minimum absolute atomic E-state index is 0.125. The molecule has 1 aliphatic heterocycles. The van der Waals surface area contributed by atoms with Crippen LogP contribution in [-0.4, -0.2) is 30.9 Å². The number of nitrogens with zero attached hydrogens (tertiary/aromatic N) is 1. The third kappa shape index (κ3) is 3.12. The number of carbonyl (C=O) groups excluding carboxylic acids is 3. The van der Waals surface area contributed by atoms with E-state index in [1.807, 2.05) is 0 Å². The van der Waals surface area contributed by atoms with Crippen LogP contribution in [0.5, 0.6) is 0 Å². The predicted octanol–water partition coefficient (Wildman–Crippen LogP) is 3.10. The SMILES string of the molecule is CC(=O)c1ccccc1NC(=O)c1cccc(N2CCOC2=O)c1. The second-order valence-corrected chi connectivity index (χ2v) is 5.37. The van der Waals surface area contributed by atoms with E-state index < -0.39 is 6.09 Å². The number of nitrogens with one attached hydrogen (secondary N) is 1. The molecule has 0 saturated carbocycles. The van der Waals surface area contributed by atoms with E-state index in [1.54, 1.807) is 48.5 Å². The molecular formula is C18H16N2O4. The first-order chi connectivity index (χ1) is 11.6. The lowest BCUT2D eigenvalue weighted by Gasteiger charge is -2.14. The van der Waals surface area contributed by atoms with Crippen LogP contribution in [0.15, 0.2) is 48.5 Å². The summed E-state index contributed by atoms with van der Waals surface area (Å²) >= 11 is 0. The van der Waals surface area contributed by atoms with E-state index in [0.717, 1.165) is 0 Å². The first-order valence-electron chi connectivity index (χ1n) is 7.52. The highest BCUT2D eigenvalue weighted by Gasteiger charge is 2.24. The van der Waals surface area contributed by atoms with Gasteiger partial charge in [-0.1, -0.05) is 18.2 Å². The van der Waals surface area contributed by atoms with Crippen molar-refractivity contribution in [2.75, 3.05) is 23.4 Å². The van der Waals surface area contributed by atoms with Gasteiger partial charge in [-0.2, -0.15) is 0 Å². The topological polar surface area (TPSA) is 75.7 Å². The molecule has 0 aliphatic carbocycles. The smallest absolute Gasteiger partial charge is 0.414 e. The number of ether oxygens (including phenoxy) is 1. The summed E-state index contributed by atoms with van der Waals surface area (Å²) in [4.78, 5) is 37.2. The molecular weight excluding hydrogens is 308 g/mol. The third-order valence-corrected chi connectivity index (χ3v) is 3.74. The van der Waals surface area contributed by atoms with Crippen molar-refractivity contribution in [3.63, 3.8) is 0 Å². The zero-order valence-corrected chi connectivity index (χ0v) is 13.1. The maximum absolute atomic E-state index is 12.5. The molecule has 0 aromatic heterocycles. The van der Waals surface area contributed by atoms with Gasteiger partial charge >= 0.3 is 6.09 Å². The molecule has 0 spiro atoms. The summed E-state index contributed by atoms with van der Waals surface area (Å²) in [5, 5.41) is 2.74. The van der Waals surface area contributed by atoms with Crippen LogP contribution < -0.4 is 10.2 Å². The molecule has 1 N–H and O–H groups in total. The van der Waals surface area contributed by atoms with E-state index >= 15 is 0 Å². The van der Waals surface area contributed by atoms with Crippen molar-refractivity contribution in [3.8, 4) is 0 Å². The molecule has 122 valence electrons. The lowest BCUT2D eigenvalue weighted by molar-refractivity contribution is 0.101. The highest BCUT2D eigenvalue weighted by Crippen LogP contribution is 2.21. The van der Waals surface area contributed by atoms with Crippen LogP contribution in [0.25, 0.3) is 0 Å². The van der Waals surface area contributed by atoms with Gasteiger partial charge in [0.05, 0.1) is 12.2 Å². The van der Waals surface area contributed by atoms with E-state index in [2.05, 4.69) is 5.32 Å². The Labute approximate surface area is 139 Å². The summed E-state index contributed by atoms with van der Waals surface area (Å²) in [7, 11) is 0. The van der Waals surface area contributed by atoms with Crippen LogP contribution in [0.1, 0.15) is 27.6 Å². The van der Waals surface area contributed by atoms with Gasteiger partial charge in [0, 0.05) is 16.8 Å². The zero-order valence-electron chi connectivity index (χ0n) is 13.1. The Hall–Kier alpha value is -3.15. The summed E-state index contributed by atoms with van der Waals surface area (Å²) in [6, 6.07) is 13.5. The average molecular weight is 324 g/mol. The molecule has 2 aromatic carbocycles. The first-order valence-corrected chi connectivity index (χ1v) is 7.52. The Morgan fingerprint density at radius 2 is 1.92 bits per heavy atom. The Morgan fingerprint density at radius 1 is 1.12 bits per heavy atom. The van der Waals surface area contributed by atoms with E-state index in [9.17, 15) is 14.4 Å². The van der Waals surface area contributed by atoms with Gasteiger partial charge in [0.25, 0.3) is 5.91 Å². The summed E-state index contributed by atoms with van der Waals surface area (Å²) in [6.45, 7) is 2.24. The number of ketones is 1. The largest absolute Gasteiger partial charge is 0.447 e. The van der Waals surface area contributed by atoms with Crippen LogP contribution >= 0.6 is 0 Å². The minimum Gasteiger partial charge on any atom is -0.447 e. The molecule has 2 aromatic rings. The minimum atomic E-state index is -0.422. The van der Waals surface area contributed by atoms with Crippen molar-refractivity contribution in [2.24, 2.45) is 0 Å². The third-order valence-electron chi connectivity index (χ3n) is 3.74. The number of amides is 2. The number of cyclic esters (lactones) is 1. The molecule has 6 nitrogen and oxygen atoms in total. The van der Waals surface area contributed by atoms with Gasteiger partial charge in [0.2, 0.25) is 0 Å². The highest BCUT2D eigenvalue weighted by atomic mass is 16.6. The van der Waals surface area contributed by atoms with Crippen LogP contribution in [0.3, 0.4) is 0 Å². The van der Waals surface area contributed by atoms with Gasteiger partial charge in [-0.3, -0.25) is 14.5 Å². The summed E-state index contributed by atoms with van der Waals surface area (Å²) in [5.74, 6) is -0.474. The molecule has 0 unspecified atom stereocenters. The standard InChI is InChI=1S/C18H16N2O4/c1-12(21)15-7-2-3-8-16(15)19-17(22)13-5-4-6-14(11-13)20-9-10-24-18(20)23/h2-8,11H,9-10H2,1H3,(H,19,22). The normalized spacial score (nSPS) is 13.5. The number of anilines is 2. The molecule has 1 fully saturated rings. The van der Waals surface area contributed by atoms with Crippen molar-refractivity contribution in [1.29, 1.82) is 0 Å². The monoisotopic (exact) mass is 324 g/mol. The Kier molecular flexibility index (Phi) is 4.29. The van der Waals surface area contributed by atoms with Crippen LogP contribution in [0, 0.1) is 0 Å². The number of hydrogen-bond donors (Lipinski definition) is 1. The van der Waals surface area contributed by atoms with E-state index in [4.69, 9.17) is 4.74 Å². The van der Waals surface area contributed by atoms with Crippen molar-refractivity contribution >= 4 is 29.2 Å². The van der Waals surface area contributed by atoms with E-state index in [1.165, 1.54) is 11.8 Å². The van der Waals surface area contributed by atoms with E-state index in [-0.39, 0.29) is 11.7 Å². The number of carbonyl (C=O) groups is 3. The molecule has 0 atom stereocenters. The van der Waals surface area contributed by atoms with Crippen LogP contribution in [-0.2, 0) is 4.74 Å². The molecule has 2 amide bonds. The summed E-state index contributed by atoms with van der Waals surface area (Å²) < 4.78 is 4.91. The number of hydrogen-bond acceptors (Lipinski definition) is 4. The Balaban J connectivity index is 1.84. The lowest BCUT2D eigenvalue weighted by atomic mass is 10.1. The zero-order chi connectivity index (χ0) is 17.1. The maximum atomic E-state index is 12.5. The number of rotatable bonds is 4. The molecule has 1 heterocycles. The molecule has 0 radical (unpaired) electrons. The van der Waals surface area contributed by atoms with Crippen LogP contribution in [0.2, 0.25) is 0 Å². The summed E-state index contributed by atoms with van der Waals surface area (Å²) in [5.41, 5.74) is 1.90. The molecule has 6 heteroatoms. The highest BCUT2D eigenvalue weighted by molar-refractivity contribution is 6.09. The second kappa shape index (κ2) is 6.54. The molecule has 1 saturated heterocycles. The molecule has 0 bridgehead atoms. The Morgan fingerprint density at radius 3 is 2.62 bits per heavy atom. The van der Waals surface area contributed by atoms with Gasteiger partial charge < -0.3 is 10.1 Å². The van der Waals surface area contributed by atoms with E-state index in [0.29, 0.717) is 35.7 Å². The summed E-state index contributed by atoms with van der Waals surface area (Å²) in [6.07, 6.45) is -0.422. The molecule has 24 heavy (non-hydrogen) atoms. The van der Waals surface area contributed by atoms with Gasteiger partial charge in [-0.15, -0.1) is 0 Å². The first kappa shape index (κ1) is 15.7. The fourth-order valence-electron chi connectivity index (χ4n) is 2.54. The quantitative estimate of drug-likeness (QED) is 0.877. The van der Waals surface area contributed by atoms with Crippen LogP contribution in [0.4, 0.5) is 16.2 Å². The van der Waals surface area contributed by atoms with Gasteiger partial charge in [0.1, 0.15) is 6.61 Å². The second-order valence-electron chi connectivity index (χ2n) is 5.37. The van der Waals surface area contributed by atoms with Gasteiger partial charge in [-0.25, -0.2) is 4.79 Å². The molecule has 1 aliphatic rings. The maximum Gasteiger partial charge on any atom is 0.414 e. The number of para-hydroxylation sites is 1. The Bertz CT molecular complexity index is 816. The van der Waals surface area contributed by atoms with Crippen molar-refractivity contribution in [1.82, 2.24) is 0 Å². The fraction of sp³-hybridized carbons (Fsp3) is 0.167. The number of benzene rings is 2. The number of Topliss-reactive ketones (excluding diaryl/α,β-unsaturated/α-hetero) is 1. The predicted molar refractivity (Wildman–Crippen MR) is 89.5 cm³/mol.